The molecule has 0 saturated heterocycles. The van der Waals surface area contributed by atoms with Crippen molar-refractivity contribution in [2.45, 2.75) is 0 Å². The number of halogens is 2. The molecule has 2 aromatic carbocycles. The summed E-state index contributed by atoms with van der Waals surface area (Å²) in [4.78, 5) is 13.8. The van der Waals surface area contributed by atoms with Gasteiger partial charge in [-0.1, -0.05) is 29.8 Å². The molecule has 2 rings (SSSR count). The Kier molecular flexibility index (Phi) is 4.77. The van der Waals surface area contributed by atoms with Crippen LogP contribution in [-0.4, -0.2) is 24.2 Å². The lowest BCUT2D eigenvalue weighted by atomic mass is 10.1. The van der Waals surface area contributed by atoms with Crippen molar-refractivity contribution in [1.82, 2.24) is 0 Å². The first-order valence-electron chi connectivity index (χ1n) is 6.27. The zero-order valence-electron chi connectivity index (χ0n) is 11.1. The van der Waals surface area contributed by atoms with Crippen LogP contribution in [0.4, 0.5) is 15.8 Å². The number of aliphatic hydroxyl groups is 1. The predicted octanol–water partition coefficient (Wildman–Crippen LogP) is 2.70. The molecule has 0 bridgehead atoms. The third-order valence-electron chi connectivity index (χ3n) is 2.98. The fraction of sp³-hybridized carbons (Fsp3) is 0.133. The molecule has 6 heteroatoms. The molecular weight excluding hydrogens is 295 g/mol. The van der Waals surface area contributed by atoms with Gasteiger partial charge in [0.15, 0.2) is 0 Å². The van der Waals surface area contributed by atoms with Gasteiger partial charge in [0.1, 0.15) is 5.82 Å². The summed E-state index contributed by atoms with van der Waals surface area (Å²) in [5, 5.41) is 8.92. The lowest BCUT2D eigenvalue weighted by Gasteiger charge is -2.24. The number of nitrogen functional groups attached to an aromatic ring is 1. The largest absolute Gasteiger partial charge is 0.397 e. The Morgan fingerprint density at radius 3 is 2.62 bits per heavy atom. The molecule has 1 amide bonds. The molecule has 0 heterocycles. The molecule has 0 aromatic heterocycles. The number of hydrogen-bond acceptors (Lipinski definition) is 3. The number of benzene rings is 2. The topological polar surface area (TPSA) is 66.6 Å². The van der Waals surface area contributed by atoms with Crippen molar-refractivity contribution >= 4 is 28.9 Å². The van der Waals surface area contributed by atoms with E-state index in [1.807, 2.05) is 0 Å². The normalized spacial score (nSPS) is 10.4. The average molecular weight is 309 g/mol. The molecule has 0 aliphatic carbocycles. The highest BCUT2D eigenvalue weighted by Gasteiger charge is 2.22. The number of amides is 1. The van der Waals surface area contributed by atoms with Gasteiger partial charge in [0, 0.05) is 6.54 Å². The third kappa shape index (κ3) is 3.15. The van der Waals surface area contributed by atoms with Crippen molar-refractivity contribution in [3.63, 3.8) is 0 Å². The van der Waals surface area contributed by atoms with E-state index >= 15 is 0 Å². The minimum Gasteiger partial charge on any atom is -0.397 e. The number of para-hydroxylation sites is 2. The van der Waals surface area contributed by atoms with E-state index in [0.717, 1.165) is 0 Å². The van der Waals surface area contributed by atoms with Crippen LogP contribution in [0.5, 0.6) is 0 Å². The average Bonchev–Trinajstić information content (AvgIpc) is 2.48. The number of nitrogens with zero attached hydrogens (tertiary/aromatic N) is 1. The second-order valence-electron chi connectivity index (χ2n) is 4.34. The highest BCUT2D eigenvalue weighted by Crippen LogP contribution is 2.27. The number of anilines is 2. The molecule has 0 fully saturated rings. The van der Waals surface area contributed by atoms with Crippen molar-refractivity contribution in [3.05, 3.63) is 58.9 Å². The lowest BCUT2D eigenvalue weighted by molar-refractivity contribution is 0.0981. The van der Waals surface area contributed by atoms with E-state index in [1.54, 1.807) is 24.3 Å². The number of carbonyl (C=O) groups excluding carboxylic acids is 1. The maximum Gasteiger partial charge on any atom is 0.260 e. The van der Waals surface area contributed by atoms with E-state index in [2.05, 4.69) is 0 Å². The molecule has 0 aliphatic rings. The number of aliphatic hydroxyl groups excluding tert-OH is 1. The van der Waals surface area contributed by atoms with Gasteiger partial charge < -0.3 is 15.7 Å². The minimum absolute atomic E-state index is 0.0216. The van der Waals surface area contributed by atoms with Crippen LogP contribution in [-0.2, 0) is 0 Å². The third-order valence-corrected chi connectivity index (χ3v) is 3.36. The van der Waals surface area contributed by atoms with Crippen LogP contribution in [0.2, 0.25) is 5.02 Å². The van der Waals surface area contributed by atoms with Gasteiger partial charge in [-0.3, -0.25) is 4.79 Å². The first-order valence-corrected chi connectivity index (χ1v) is 6.65. The summed E-state index contributed by atoms with van der Waals surface area (Å²) in [5.74, 6) is -1.20. The van der Waals surface area contributed by atoms with E-state index in [-0.39, 0.29) is 23.7 Å². The molecule has 0 spiro atoms. The zero-order valence-corrected chi connectivity index (χ0v) is 11.8. The Balaban J connectivity index is 2.46. The second-order valence-corrected chi connectivity index (χ2v) is 4.72. The molecule has 0 saturated carbocycles. The van der Waals surface area contributed by atoms with Gasteiger partial charge in [-0.2, -0.15) is 0 Å². The Labute approximate surface area is 126 Å². The van der Waals surface area contributed by atoms with Gasteiger partial charge in [0.25, 0.3) is 5.91 Å². The molecule has 2 aromatic rings. The molecule has 0 aliphatic heterocycles. The Morgan fingerprint density at radius 1 is 1.24 bits per heavy atom. The molecule has 0 radical (unpaired) electrons. The molecule has 110 valence electrons. The summed E-state index contributed by atoms with van der Waals surface area (Å²) < 4.78 is 13.5. The van der Waals surface area contributed by atoms with Crippen molar-refractivity contribution < 1.29 is 14.3 Å². The first-order chi connectivity index (χ1) is 10.1. The quantitative estimate of drug-likeness (QED) is 0.853. The van der Waals surface area contributed by atoms with Crippen LogP contribution in [0, 0.1) is 5.82 Å². The van der Waals surface area contributed by atoms with Gasteiger partial charge in [-0.25, -0.2) is 4.39 Å². The van der Waals surface area contributed by atoms with E-state index < -0.39 is 11.7 Å². The molecule has 4 nitrogen and oxygen atoms in total. The van der Waals surface area contributed by atoms with E-state index in [0.29, 0.717) is 11.4 Å². The summed E-state index contributed by atoms with van der Waals surface area (Å²) in [6, 6.07) is 10.7. The minimum atomic E-state index is -0.674. The van der Waals surface area contributed by atoms with Crippen molar-refractivity contribution in [3.8, 4) is 0 Å². The van der Waals surface area contributed by atoms with Crippen molar-refractivity contribution in [1.29, 1.82) is 0 Å². The fourth-order valence-corrected chi connectivity index (χ4v) is 2.19. The van der Waals surface area contributed by atoms with Gasteiger partial charge in [0.2, 0.25) is 0 Å². The Bertz CT molecular complexity index is 664. The van der Waals surface area contributed by atoms with Gasteiger partial charge in [0.05, 0.1) is 28.6 Å². The number of rotatable bonds is 4. The van der Waals surface area contributed by atoms with Crippen LogP contribution in [0.25, 0.3) is 0 Å². The van der Waals surface area contributed by atoms with E-state index in [4.69, 9.17) is 22.4 Å². The molecule has 3 N–H and O–H groups in total. The molecule has 0 atom stereocenters. The smallest absolute Gasteiger partial charge is 0.260 e. The number of nitrogens with two attached hydrogens (primary N) is 1. The highest BCUT2D eigenvalue weighted by atomic mass is 35.5. The number of hydrogen-bond donors (Lipinski definition) is 2. The SMILES string of the molecule is Nc1ccccc1N(CCO)C(=O)c1cccc(F)c1Cl. The maximum absolute atomic E-state index is 13.5. The van der Waals surface area contributed by atoms with Crippen LogP contribution in [0.1, 0.15) is 10.4 Å². The summed E-state index contributed by atoms with van der Waals surface area (Å²) in [7, 11) is 0. The summed E-state index contributed by atoms with van der Waals surface area (Å²) in [6.07, 6.45) is 0. The predicted molar refractivity (Wildman–Crippen MR) is 81.0 cm³/mol. The summed E-state index contributed by atoms with van der Waals surface area (Å²) in [6.45, 7) is -0.229. The van der Waals surface area contributed by atoms with Crippen LogP contribution in [0.3, 0.4) is 0 Å². The maximum atomic E-state index is 13.5. The van der Waals surface area contributed by atoms with Crippen LogP contribution < -0.4 is 10.6 Å². The number of carbonyl (C=O) groups is 1. The van der Waals surface area contributed by atoms with Gasteiger partial charge >= 0.3 is 0 Å². The van der Waals surface area contributed by atoms with Crippen molar-refractivity contribution in [2.75, 3.05) is 23.8 Å². The Hall–Kier alpha value is -2.11. The molecular formula is C15H14ClFN2O2. The van der Waals surface area contributed by atoms with E-state index in [1.165, 1.54) is 23.1 Å². The molecule has 21 heavy (non-hydrogen) atoms. The highest BCUT2D eigenvalue weighted by molar-refractivity contribution is 6.34. The monoisotopic (exact) mass is 308 g/mol. The van der Waals surface area contributed by atoms with E-state index in [9.17, 15) is 9.18 Å². The standard InChI is InChI=1S/C15H14ClFN2O2/c16-14-10(4-3-5-11(14)17)15(21)19(8-9-20)13-7-2-1-6-12(13)18/h1-7,20H,8-9,18H2. The Morgan fingerprint density at radius 2 is 1.95 bits per heavy atom. The second kappa shape index (κ2) is 6.56. The summed E-state index contributed by atoms with van der Waals surface area (Å²) in [5.41, 5.74) is 6.70. The lowest BCUT2D eigenvalue weighted by Crippen LogP contribution is -2.34. The summed E-state index contributed by atoms with van der Waals surface area (Å²) >= 11 is 5.84. The molecule has 0 unspecified atom stereocenters. The van der Waals surface area contributed by atoms with Crippen molar-refractivity contribution in [2.24, 2.45) is 0 Å². The van der Waals surface area contributed by atoms with Crippen LogP contribution in [0.15, 0.2) is 42.5 Å². The zero-order chi connectivity index (χ0) is 15.4. The first kappa shape index (κ1) is 15.3. The van der Waals surface area contributed by atoms with Gasteiger partial charge in [-0.15, -0.1) is 0 Å². The van der Waals surface area contributed by atoms with Gasteiger partial charge in [-0.05, 0) is 24.3 Å². The fourth-order valence-electron chi connectivity index (χ4n) is 1.98. The van der Waals surface area contributed by atoms with Crippen LogP contribution >= 0.6 is 11.6 Å².